The molecule has 2 heterocycles. The molecule has 0 spiro atoms. The molecular weight excluding hydrogens is 338 g/mol. The van der Waals surface area contributed by atoms with Gasteiger partial charge in [0.05, 0.1) is 12.5 Å². The standard InChI is InChI=1S/C19H25N3O2.ClH/c1-14(23)22-10-8-16-5-3-4-6-17(16)18(22)11-19(24)21-9-7-15(13-21)12-20-2;/h3-6,8,10,15,18,20H,7,9,11-13H2,1-2H3;1H. The van der Waals surface area contributed by atoms with E-state index >= 15 is 0 Å². The smallest absolute Gasteiger partial charge is 0.225 e. The number of carbonyl (C=O) groups excluding carboxylic acids is 2. The van der Waals surface area contributed by atoms with Crippen LogP contribution in [0.3, 0.4) is 0 Å². The van der Waals surface area contributed by atoms with Crippen LogP contribution in [-0.4, -0.2) is 48.3 Å². The van der Waals surface area contributed by atoms with Crippen molar-refractivity contribution in [2.75, 3.05) is 26.7 Å². The van der Waals surface area contributed by atoms with Gasteiger partial charge in [0.1, 0.15) is 0 Å². The van der Waals surface area contributed by atoms with E-state index in [1.54, 1.807) is 18.0 Å². The van der Waals surface area contributed by atoms with E-state index in [0.29, 0.717) is 12.3 Å². The third-order valence-corrected chi connectivity index (χ3v) is 4.97. The first-order valence-corrected chi connectivity index (χ1v) is 8.58. The van der Waals surface area contributed by atoms with Crippen molar-refractivity contribution in [1.29, 1.82) is 0 Å². The van der Waals surface area contributed by atoms with Crippen molar-refractivity contribution in [3.05, 3.63) is 41.6 Å². The lowest BCUT2D eigenvalue weighted by Gasteiger charge is -2.33. The Morgan fingerprint density at radius 3 is 2.76 bits per heavy atom. The second kappa shape index (κ2) is 8.50. The summed E-state index contributed by atoms with van der Waals surface area (Å²) in [6.07, 6.45) is 5.13. The van der Waals surface area contributed by atoms with Crippen LogP contribution in [0.1, 0.15) is 36.9 Å². The van der Waals surface area contributed by atoms with E-state index in [0.717, 1.165) is 37.2 Å². The van der Waals surface area contributed by atoms with Gasteiger partial charge in [-0.1, -0.05) is 24.3 Å². The largest absolute Gasteiger partial charge is 0.342 e. The number of rotatable bonds is 4. The molecule has 1 fully saturated rings. The summed E-state index contributed by atoms with van der Waals surface area (Å²) in [4.78, 5) is 28.4. The zero-order valence-electron chi connectivity index (χ0n) is 14.8. The Balaban J connectivity index is 0.00000225. The summed E-state index contributed by atoms with van der Waals surface area (Å²) >= 11 is 0. The molecule has 136 valence electrons. The Bertz CT molecular complexity index is 662. The maximum Gasteiger partial charge on any atom is 0.225 e. The Morgan fingerprint density at radius 1 is 1.28 bits per heavy atom. The van der Waals surface area contributed by atoms with E-state index in [-0.39, 0.29) is 30.3 Å². The van der Waals surface area contributed by atoms with Gasteiger partial charge in [0.2, 0.25) is 11.8 Å². The average molecular weight is 364 g/mol. The van der Waals surface area contributed by atoms with Crippen molar-refractivity contribution in [3.8, 4) is 0 Å². The minimum atomic E-state index is -0.209. The Kier molecular flexibility index (Phi) is 6.62. The maximum atomic E-state index is 12.8. The van der Waals surface area contributed by atoms with Crippen molar-refractivity contribution < 1.29 is 9.59 Å². The molecule has 0 bridgehead atoms. The Labute approximate surface area is 155 Å². The Hall–Kier alpha value is -1.85. The van der Waals surface area contributed by atoms with Crippen LogP contribution >= 0.6 is 12.4 Å². The van der Waals surface area contributed by atoms with Gasteiger partial charge in [0.15, 0.2) is 0 Å². The third-order valence-electron chi connectivity index (χ3n) is 4.97. The summed E-state index contributed by atoms with van der Waals surface area (Å²) in [5, 5.41) is 3.19. The van der Waals surface area contributed by atoms with Gasteiger partial charge in [0.25, 0.3) is 0 Å². The maximum absolute atomic E-state index is 12.8. The highest BCUT2D eigenvalue weighted by atomic mass is 35.5. The summed E-state index contributed by atoms with van der Waals surface area (Å²) in [5.74, 6) is 0.629. The minimum absolute atomic E-state index is 0. The molecule has 5 nitrogen and oxygen atoms in total. The number of fused-ring (bicyclic) bond motifs is 1. The van der Waals surface area contributed by atoms with Gasteiger partial charge in [-0.15, -0.1) is 12.4 Å². The molecule has 0 aromatic heterocycles. The Morgan fingerprint density at radius 2 is 2.04 bits per heavy atom. The summed E-state index contributed by atoms with van der Waals surface area (Å²) < 4.78 is 0. The van der Waals surface area contributed by atoms with Gasteiger partial charge in [-0.2, -0.15) is 0 Å². The highest BCUT2D eigenvalue weighted by Crippen LogP contribution is 2.33. The van der Waals surface area contributed by atoms with Crippen molar-refractivity contribution in [2.45, 2.75) is 25.8 Å². The quantitative estimate of drug-likeness (QED) is 0.894. The number of hydrogen-bond donors (Lipinski definition) is 1. The second-order valence-electron chi connectivity index (χ2n) is 6.64. The molecule has 0 saturated carbocycles. The molecule has 3 rings (SSSR count). The third kappa shape index (κ3) is 4.22. The van der Waals surface area contributed by atoms with E-state index in [9.17, 15) is 9.59 Å². The second-order valence-corrected chi connectivity index (χ2v) is 6.64. The minimum Gasteiger partial charge on any atom is -0.342 e. The van der Waals surface area contributed by atoms with Crippen molar-refractivity contribution in [3.63, 3.8) is 0 Å². The van der Waals surface area contributed by atoms with E-state index in [1.807, 2.05) is 42.3 Å². The predicted octanol–water partition coefficient (Wildman–Crippen LogP) is 2.44. The molecule has 25 heavy (non-hydrogen) atoms. The molecule has 2 atom stereocenters. The van der Waals surface area contributed by atoms with Crippen LogP contribution in [0.25, 0.3) is 6.08 Å². The number of nitrogens with zero attached hydrogens (tertiary/aromatic N) is 2. The summed E-state index contributed by atoms with van der Waals surface area (Å²) in [7, 11) is 1.94. The number of amides is 2. The van der Waals surface area contributed by atoms with Crippen LogP contribution in [0.5, 0.6) is 0 Å². The summed E-state index contributed by atoms with van der Waals surface area (Å²) in [5.41, 5.74) is 2.14. The first-order valence-electron chi connectivity index (χ1n) is 8.58. The molecule has 1 N–H and O–H groups in total. The number of carbonyl (C=O) groups is 2. The molecule has 2 aliphatic rings. The summed E-state index contributed by atoms with van der Waals surface area (Å²) in [6, 6.07) is 7.78. The number of halogens is 1. The first kappa shape index (κ1) is 19.5. The number of hydrogen-bond acceptors (Lipinski definition) is 3. The number of nitrogens with one attached hydrogen (secondary N) is 1. The van der Waals surface area contributed by atoms with Crippen molar-refractivity contribution >= 4 is 30.3 Å². The summed E-state index contributed by atoms with van der Waals surface area (Å²) in [6.45, 7) is 4.12. The van der Waals surface area contributed by atoms with E-state index in [1.165, 1.54) is 0 Å². The van der Waals surface area contributed by atoms with Crippen LogP contribution in [0.4, 0.5) is 0 Å². The monoisotopic (exact) mass is 363 g/mol. The molecule has 2 aliphatic heterocycles. The molecule has 1 saturated heterocycles. The first-order chi connectivity index (χ1) is 11.6. The topological polar surface area (TPSA) is 52.7 Å². The van der Waals surface area contributed by atoms with Gasteiger partial charge in [0, 0.05) is 26.2 Å². The van der Waals surface area contributed by atoms with E-state index in [2.05, 4.69) is 5.32 Å². The van der Waals surface area contributed by atoms with E-state index < -0.39 is 0 Å². The van der Waals surface area contributed by atoms with Gasteiger partial charge in [-0.3, -0.25) is 9.59 Å². The average Bonchev–Trinajstić information content (AvgIpc) is 3.04. The van der Waals surface area contributed by atoms with Gasteiger partial charge in [-0.25, -0.2) is 0 Å². The molecule has 1 aromatic carbocycles. The molecular formula is C19H26ClN3O2. The van der Waals surface area contributed by atoms with Crippen LogP contribution in [0.2, 0.25) is 0 Å². The molecule has 6 heteroatoms. The lowest BCUT2D eigenvalue weighted by molar-refractivity contribution is -0.134. The molecule has 1 aromatic rings. The molecule has 2 unspecified atom stereocenters. The van der Waals surface area contributed by atoms with Crippen LogP contribution in [-0.2, 0) is 9.59 Å². The van der Waals surface area contributed by atoms with Crippen LogP contribution in [0, 0.1) is 5.92 Å². The zero-order chi connectivity index (χ0) is 17.1. The highest BCUT2D eigenvalue weighted by molar-refractivity contribution is 5.85. The van der Waals surface area contributed by atoms with Gasteiger partial charge in [-0.05, 0) is 43.1 Å². The van der Waals surface area contributed by atoms with E-state index in [4.69, 9.17) is 0 Å². The molecule has 2 amide bonds. The van der Waals surface area contributed by atoms with Crippen LogP contribution in [0.15, 0.2) is 30.5 Å². The van der Waals surface area contributed by atoms with Crippen LogP contribution < -0.4 is 5.32 Å². The highest BCUT2D eigenvalue weighted by Gasteiger charge is 2.32. The normalized spacial score (nSPS) is 21.7. The lowest BCUT2D eigenvalue weighted by Crippen LogP contribution is -2.37. The lowest BCUT2D eigenvalue weighted by atomic mass is 9.93. The van der Waals surface area contributed by atoms with Gasteiger partial charge < -0.3 is 15.1 Å². The SMILES string of the molecule is CNCC1CCN(C(=O)CC2c3ccccc3C=CN2C(C)=O)C1.Cl. The van der Waals surface area contributed by atoms with Crippen molar-refractivity contribution in [1.82, 2.24) is 15.1 Å². The van der Waals surface area contributed by atoms with Crippen molar-refractivity contribution in [2.24, 2.45) is 5.92 Å². The van der Waals surface area contributed by atoms with Gasteiger partial charge >= 0.3 is 0 Å². The fraction of sp³-hybridized carbons (Fsp3) is 0.474. The predicted molar refractivity (Wildman–Crippen MR) is 101 cm³/mol. The fourth-order valence-electron chi connectivity index (χ4n) is 3.72. The number of likely N-dealkylation sites (tertiary alicyclic amines) is 1. The fourth-order valence-corrected chi connectivity index (χ4v) is 3.72. The number of benzene rings is 1. The molecule has 0 aliphatic carbocycles. The zero-order valence-corrected chi connectivity index (χ0v) is 15.6. The molecule has 0 radical (unpaired) electrons.